The molecule has 2 N–H and O–H groups in total. The van der Waals surface area contributed by atoms with Gasteiger partial charge in [0.1, 0.15) is 18.2 Å². The second-order valence-corrected chi connectivity index (χ2v) is 9.30. The zero-order valence-corrected chi connectivity index (χ0v) is 21.0. The Hall–Kier alpha value is -2.57. The number of nitrogens with one attached hydrogen (secondary N) is 2. The van der Waals surface area contributed by atoms with Gasteiger partial charge in [-0.25, -0.2) is 4.79 Å². The molecule has 7 heteroatoms. The maximum atomic E-state index is 13.3. The highest BCUT2D eigenvalue weighted by atomic mass is 16.6. The van der Waals surface area contributed by atoms with Gasteiger partial charge in [-0.15, -0.1) is 0 Å². The summed E-state index contributed by atoms with van der Waals surface area (Å²) in [5.41, 5.74) is 2.27. The molecule has 0 heterocycles. The van der Waals surface area contributed by atoms with E-state index in [1.54, 1.807) is 25.7 Å². The summed E-state index contributed by atoms with van der Waals surface area (Å²) >= 11 is 0. The summed E-state index contributed by atoms with van der Waals surface area (Å²) in [4.78, 5) is 40.2. The SMILES string of the molecule is CCCCNC(=O)C(c1ccc(C)c(C)c1)N(C(=O)CNC(=O)OC(C)(C)C)C(C)CC. The highest BCUT2D eigenvalue weighted by Crippen LogP contribution is 2.27. The summed E-state index contributed by atoms with van der Waals surface area (Å²) < 4.78 is 5.24. The number of hydrogen-bond donors (Lipinski definition) is 2. The normalized spacial score (nSPS) is 13.1. The topological polar surface area (TPSA) is 87.7 Å². The molecule has 0 aliphatic rings. The molecule has 32 heavy (non-hydrogen) atoms. The minimum Gasteiger partial charge on any atom is -0.444 e. The van der Waals surface area contributed by atoms with E-state index in [2.05, 4.69) is 17.6 Å². The van der Waals surface area contributed by atoms with Crippen LogP contribution in [0.15, 0.2) is 18.2 Å². The Morgan fingerprint density at radius 3 is 2.25 bits per heavy atom. The molecule has 0 saturated heterocycles. The van der Waals surface area contributed by atoms with Crippen molar-refractivity contribution in [2.75, 3.05) is 13.1 Å². The summed E-state index contributed by atoms with van der Waals surface area (Å²) in [6.07, 6.45) is 1.83. The quantitative estimate of drug-likeness (QED) is 0.520. The number of rotatable bonds is 10. The van der Waals surface area contributed by atoms with Gasteiger partial charge in [0.15, 0.2) is 0 Å². The van der Waals surface area contributed by atoms with Crippen molar-refractivity contribution in [3.63, 3.8) is 0 Å². The van der Waals surface area contributed by atoms with Gasteiger partial charge in [0, 0.05) is 12.6 Å². The molecule has 0 saturated carbocycles. The summed E-state index contributed by atoms with van der Waals surface area (Å²) in [6.45, 7) is 15.5. The van der Waals surface area contributed by atoms with Gasteiger partial charge in [0.05, 0.1) is 0 Å². The first-order valence-corrected chi connectivity index (χ1v) is 11.5. The van der Waals surface area contributed by atoms with Crippen molar-refractivity contribution in [2.24, 2.45) is 0 Å². The van der Waals surface area contributed by atoms with Gasteiger partial charge in [-0.3, -0.25) is 9.59 Å². The van der Waals surface area contributed by atoms with Crippen LogP contribution in [0.25, 0.3) is 0 Å². The Morgan fingerprint density at radius 2 is 1.72 bits per heavy atom. The van der Waals surface area contributed by atoms with Gasteiger partial charge in [0.25, 0.3) is 0 Å². The highest BCUT2D eigenvalue weighted by Gasteiger charge is 2.34. The molecule has 0 fully saturated rings. The van der Waals surface area contributed by atoms with E-state index in [-0.39, 0.29) is 24.4 Å². The Labute approximate surface area is 193 Å². The van der Waals surface area contributed by atoms with Crippen LogP contribution in [-0.2, 0) is 14.3 Å². The number of unbranched alkanes of at least 4 members (excludes halogenated alkanes) is 1. The number of nitrogens with zero attached hydrogens (tertiary/aromatic N) is 1. The van der Waals surface area contributed by atoms with Crippen LogP contribution in [0, 0.1) is 13.8 Å². The van der Waals surface area contributed by atoms with Gasteiger partial charge in [-0.05, 0) is 71.1 Å². The van der Waals surface area contributed by atoms with Crippen LogP contribution >= 0.6 is 0 Å². The Balaban J connectivity index is 3.24. The van der Waals surface area contributed by atoms with Crippen molar-refractivity contribution in [2.45, 2.75) is 92.3 Å². The van der Waals surface area contributed by atoms with E-state index in [0.29, 0.717) is 13.0 Å². The molecule has 2 unspecified atom stereocenters. The standard InChI is InChI=1S/C25H41N3O4/c1-9-11-14-26-23(30)22(20-13-12-17(3)18(4)15-20)28(19(5)10-2)21(29)16-27-24(31)32-25(6,7)8/h12-13,15,19,22H,9-11,14,16H2,1-8H3,(H,26,30)(H,27,31). The molecule has 7 nitrogen and oxygen atoms in total. The van der Waals surface area contributed by atoms with Crippen LogP contribution in [0.5, 0.6) is 0 Å². The summed E-state index contributed by atoms with van der Waals surface area (Å²) in [5.74, 6) is -0.549. The fraction of sp³-hybridized carbons (Fsp3) is 0.640. The number of carbonyl (C=O) groups is 3. The Kier molecular flexibility index (Phi) is 10.7. The molecule has 1 rings (SSSR count). The van der Waals surface area contributed by atoms with E-state index >= 15 is 0 Å². The van der Waals surface area contributed by atoms with E-state index in [4.69, 9.17) is 4.74 Å². The first kappa shape index (κ1) is 27.5. The van der Waals surface area contributed by atoms with Gasteiger partial charge in [-0.1, -0.05) is 38.5 Å². The second kappa shape index (κ2) is 12.5. The number of aryl methyl sites for hydroxylation is 2. The second-order valence-electron chi connectivity index (χ2n) is 9.30. The van der Waals surface area contributed by atoms with Crippen LogP contribution < -0.4 is 10.6 Å². The third kappa shape index (κ3) is 8.52. The molecule has 0 aliphatic carbocycles. The summed E-state index contributed by atoms with van der Waals surface area (Å²) in [5, 5.41) is 5.51. The first-order chi connectivity index (χ1) is 14.9. The Morgan fingerprint density at radius 1 is 1.06 bits per heavy atom. The smallest absolute Gasteiger partial charge is 0.408 e. The lowest BCUT2D eigenvalue weighted by Crippen LogP contribution is -2.51. The number of hydrogen-bond acceptors (Lipinski definition) is 4. The molecule has 0 aliphatic heterocycles. The number of alkyl carbamates (subject to hydrolysis) is 1. The predicted octanol–water partition coefficient (Wildman–Crippen LogP) is 4.41. The lowest BCUT2D eigenvalue weighted by Gasteiger charge is -2.36. The molecular formula is C25H41N3O4. The van der Waals surface area contributed by atoms with E-state index in [9.17, 15) is 14.4 Å². The van der Waals surface area contributed by atoms with Crippen molar-refractivity contribution in [1.29, 1.82) is 0 Å². The van der Waals surface area contributed by atoms with Gasteiger partial charge in [0.2, 0.25) is 11.8 Å². The van der Waals surface area contributed by atoms with Crippen LogP contribution in [0.1, 0.15) is 83.5 Å². The maximum absolute atomic E-state index is 13.3. The molecule has 1 aromatic carbocycles. The predicted molar refractivity (Wildman–Crippen MR) is 127 cm³/mol. The fourth-order valence-corrected chi connectivity index (χ4v) is 3.25. The Bertz CT molecular complexity index is 786. The molecule has 180 valence electrons. The zero-order chi connectivity index (χ0) is 24.5. The van der Waals surface area contributed by atoms with Crippen LogP contribution in [0.4, 0.5) is 4.79 Å². The third-order valence-electron chi connectivity index (χ3n) is 5.34. The molecule has 0 radical (unpaired) electrons. The van der Waals surface area contributed by atoms with E-state index in [1.807, 2.05) is 45.9 Å². The molecule has 1 aromatic rings. The third-order valence-corrected chi connectivity index (χ3v) is 5.34. The average molecular weight is 448 g/mol. The largest absolute Gasteiger partial charge is 0.444 e. The number of ether oxygens (including phenoxy) is 1. The lowest BCUT2D eigenvalue weighted by atomic mass is 9.97. The molecule has 0 aromatic heterocycles. The number of benzene rings is 1. The minimum absolute atomic E-state index is 0.202. The fourth-order valence-electron chi connectivity index (χ4n) is 3.25. The first-order valence-electron chi connectivity index (χ1n) is 11.5. The van der Waals surface area contributed by atoms with Crippen LogP contribution in [0.2, 0.25) is 0 Å². The van der Waals surface area contributed by atoms with Crippen molar-refractivity contribution >= 4 is 17.9 Å². The molecule has 2 atom stereocenters. The molecule has 0 bridgehead atoms. The van der Waals surface area contributed by atoms with Crippen molar-refractivity contribution in [3.05, 3.63) is 34.9 Å². The lowest BCUT2D eigenvalue weighted by molar-refractivity contribution is -0.142. The average Bonchev–Trinajstić information content (AvgIpc) is 2.70. The van der Waals surface area contributed by atoms with Crippen LogP contribution in [-0.4, -0.2) is 47.5 Å². The van der Waals surface area contributed by atoms with E-state index in [1.165, 1.54) is 0 Å². The maximum Gasteiger partial charge on any atom is 0.408 e. The zero-order valence-electron chi connectivity index (χ0n) is 21.0. The van der Waals surface area contributed by atoms with Crippen molar-refractivity contribution in [1.82, 2.24) is 15.5 Å². The van der Waals surface area contributed by atoms with E-state index < -0.39 is 17.7 Å². The molecule has 3 amide bonds. The number of carbonyl (C=O) groups excluding carboxylic acids is 3. The minimum atomic E-state index is -0.783. The molecular weight excluding hydrogens is 406 g/mol. The van der Waals surface area contributed by atoms with Crippen LogP contribution in [0.3, 0.4) is 0 Å². The van der Waals surface area contributed by atoms with Gasteiger partial charge >= 0.3 is 6.09 Å². The van der Waals surface area contributed by atoms with Crippen molar-refractivity contribution in [3.8, 4) is 0 Å². The molecule has 0 spiro atoms. The highest BCUT2D eigenvalue weighted by molar-refractivity contribution is 5.90. The number of amides is 3. The van der Waals surface area contributed by atoms with Gasteiger partial charge in [-0.2, -0.15) is 0 Å². The van der Waals surface area contributed by atoms with E-state index in [0.717, 1.165) is 29.5 Å². The summed E-state index contributed by atoms with van der Waals surface area (Å²) in [7, 11) is 0. The van der Waals surface area contributed by atoms with Gasteiger partial charge < -0.3 is 20.3 Å². The summed E-state index contributed by atoms with van der Waals surface area (Å²) in [6, 6.07) is 4.84. The van der Waals surface area contributed by atoms with Crippen molar-refractivity contribution < 1.29 is 19.1 Å². The monoisotopic (exact) mass is 447 g/mol.